The van der Waals surface area contributed by atoms with Crippen molar-refractivity contribution in [2.75, 3.05) is 19.6 Å². The van der Waals surface area contributed by atoms with E-state index in [0.717, 1.165) is 38.0 Å². The summed E-state index contributed by atoms with van der Waals surface area (Å²) in [6, 6.07) is 10.1. The molecule has 6 heteroatoms. The van der Waals surface area contributed by atoms with Crippen LogP contribution in [0.4, 0.5) is 0 Å². The fourth-order valence-electron chi connectivity index (χ4n) is 3.76. The molecule has 26 heavy (non-hydrogen) atoms. The van der Waals surface area contributed by atoms with Gasteiger partial charge in [-0.05, 0) is 55.8 Å². The van der Waals surface area contributed by atoms with E-state index in [2.05, 4.69) is 32.5 Å². The molecule has 4 rings (SSSR count). The summed E-state index contributed by atoms with van der Waals surface area (Å²) < 4.78 is 2.10. The molecule has 2 fully saturated rings. The number of hydrogen-bond donors (Lipinski definition) is 2. The third-order valence-corrected chi connectivity index (χ3v) is 5.28. The number of carbonyl (C=O) groups is 1. The maximum Gasteiger partial charge on any atom is 0.251 e. The number of halogens is 1. The Kier molecular flexibility index (Phi) is 6.33. The Hall–Kier alpha value is -1.85. The van der Waals surface area contributed by atoms with Gasteiger partial charge < -0.3 is 10.6 Å². The van der Waals surface area contributed by atoms with Crippen LogP contribution < -0.4 is 10.6 Å². The largest absolute Gasteiger partial charge is 0.352 e. The number of carbonyl (C=O) groups excluding carboxylic acids is 1. The first-order chi connectivity index (χ1) is 12.3. The maximum atomic E-state index is 12.6. The molecule has 1 saturated carbocycles. The third-order valence-electron chi connectivity index (χ3n) is 5.28. The summed E-state index contributed by atoms with van der Waals surface area (Å²) in [4.78, 5) is 12.6. The summed E-state index contributed by atoms with van der Waals surface area (Å²) in [5.41, 5.74) is 3.35. The van der Waals surface area contributed by atoms with Crippen molar-refractivity contribution < 1.29 is 4.79 Å². The zero-order valence-corrected chi connectivity index (χ0v) is 15.8. The lowest BCUT2D eigenvalue weighted by molar-refractivity contribution is 0.0951. The van der Waals surface area contributed by atoms with Crippen LogP contribution in [0.1, 0.15) is 59.1 Å². The Bertz CT molecular complexity index is 735. The number of nitrogens with zero attached hydrogens (tertiary/aromatic N) is 2. The number of benzene rings is 1. The van der Waals surface area contributed by atoms with Crippen LogP contribution in [0, 0.1) is 0 Å². The van der Waals surface area contributed by atoms with E-state index in [1.807, 2.05) is 24.4 Å². The van der Waals surface area contributed by atoms with E-state index in [4.69, 9.17) is 0 Å². The average molecular weight is 375 g/mol. The average Bonchev–Trinajstić information content (AvgIpc) is 3.14. The molecule has 0 bridgehead atoms. The van der Waals surface area contributed by atoms with Crippen molar-refractivity contribution in [1.82, 2.24) is 20.4 Å². The summed E-state index contributed by atoms with van der Waals surface area (Å²) in [5, 5.41) is 10.9. The topological polar surface area (TPSA) is 59.0 Å². The Morgan fingerprint density at radius 1 is 1.19 bits per heavy atom. The van der Waals surface area contributed by atoms with E-state index >= 15 is 0 Å². The molecule has 2 aliphatic rings. The van der Waals surface area contributed by atoms with Crippen LogP contribution in [0.3, 0.4) is 0 Å². The van der Waals surface area contributed by atoms with Crippen molar-refractivity contribution in [2.45, 2.75) is 44.1 Å². The van der Waals surface area contributed by atoms with Gasteiger partial charge in [0.05, 0.1) is 0 Å². The molecule has 1 amide bonds. The molecule has 140 valence electrons. The van der Waals surface area contributed by atoms with Crippen LogP contribution in [0.5, 0.6) is 0 Å². The van der Waals surface area contributed by atoms with Crippen molar-refractivity contribution in [1.29, 1.82) is 0 Å². The molecule has 1 atom stereocenters. The second kappa shape index (κ2) is 8.69. The molecule has 1 unspecified atom stereocenters. The zero-order chi connectivity index (χ0) is 17.1. The summed E-state index contributed by atoms with van der Waals surface area (Å²) in [6.45, 7) is 3.55. The molecule has 2 N–H and O–H groups in total. The first-order valence-corrected chi connectivity index (χ1v) is 9.42. The fraction of sp³-hybridized carbons (Fsp3) is 0.500. The molecule has 2 aromatic rings. The first kappa shape index (κ1) is 18.9. The van der Waals surface area contributed by atoms with Crippen LogP contribution in [-0.2, 0) is 6.54 Å². The van der Waals surface area contributed by atoms with Crippen LogP contribution in [0.25, 0.3) is 0 Å². The fourth-order valence-corrected chi connectivity index (χ4v) is 3.76. The van der Waals surface area contributed by atoms with E-state index < -0.39 is 0 Å². The van der Waals surface area contributed by atoms with E-state index in [1.165, 1.54) is 24.1 Å². The van der Waals surface area contributed by atoms with Crippen LogP contribution in [-0.4, -0.2) is 35.3 Å². The number of nitrogens with one attached hydrogen (secondary N) is 2. The molecule has 0 spiro atoms. The number of aryl methyl sites for hydroxylation is 1. The van der Waals surface area contributed by atoms with Gasteiger partial charge in [-0.2, -0.15) is 5.10 Å². The van der Waals surface area contributed by atoms with Gasteiger partial charge in [-0.1, -0.05) is 18.2 Å². The molecule has 1 aromatic heterocycles. The third kappa shape index (κ3) is 4.27. The van der Waals surface area contributed by atoms with E-state index in [0.29, 0.717) is 18.4 Å². The highest BCUT2D eigenvalue weighted by Crippen LogP contribution is 2.39. The van der Waals surface area contributed by atoms with Crippen molar-refractivity contribution in [2.24, 2.45) is 0 Å². The van der Waals surface area contributed by atoms with Gasteiger partial charge in [0.2, 0.25) is 0 Å². The maximum absolute atomic E-state index is 12.6. The summed E-state index contributed by atoms with van der Waals surface area (Å²) in [7, 11) is 0. The highest BCUT2D eigenvalue weighted by atomic mass is 35.5. The van der Waals surface area contributed by atoms with Crippen molar-refractivity contribution in [3.8, 4) is 0 Å². The van der Waals surface area contributed by atoms with Gasteiger partial charge in [0.25, 0.3) is 5.91 Å². The minimum atomic E-state index is 0. The highest BCUT2D eigenvalue weighted by molar-refractivity contribution is 5.95. The monoisotopic (exact) mass is 374 g/mol. The van der Waals surface area contributed by atoms with Gasteiger partial charge in [0.1, 0.15) is 0 Å². The SMILES string of the molecule is Cl.O=C(NCCCn1nccc1C1CC1)c1ccccc1C1CCNC1. The number of hydrogen-bond acceptors (Lipinski definition) is 3. The van der Waals surface area contributed by atoms with Gasteiger partial charge in [-0.3, -0.25) is 9.48 Å². The van der Waals surface area contributed by atoms with Crippen molar-refractivity contribution in [3.63, 3.8) is 0 Å². The van der Waals surface area contributed by atoms with Crippen molar-refractivity contribution >= 4 is 18.3 Å². The zero-order valence-electron chi connectivity index (χ0n) is 15.0. The first-order valence-electron chi connectivity index (χ1n) is 9.42. The smallest absolute Gasteiger partial charge is 0.251 e. The number of aromatic nitrogens is 2. The van der Waals surface area contributed by atoms with Crippen molar-refractivity contribution in [3.05, 3.63) is 53.3 Å². The molecule has 5 nitrogen and oxygen atoms in total. The van der Waals surface area contributed by atoms with E-state index in [9.17, 15) is 4.79 Å². The second-order valence-electron chi connectivity index (χ2n) is 7.14. The molecule has 0 radical (unpaired) electrons. The van der Waals surface area contributed by atoms with Gasteiger partial charge in [-0.25, -0.2) is 0 Å². The Morgan fingerprint density at radius 2 is 2.04 bits per heavy atom. The number of amides is 1. The lowest BCUT2D eigenvalue weighted by atomic mass is 9.93. The van der Waals surface area contributed by atoms with Gasteiger partial charge in [0, 0.05) is 43.0 Å². The Labute approximate surface area is 161 Å². The Morgan fingerprint density at radius 3 is 2.81 bits per heavy atom. The normalized spacial score (nSPS) is 19.2. The Balaban J connectivity index is 0.00000196. The molecular formula is C20H27ClN4O. The standard InChI is InChI=1S/C20H26N4O.ClH/c25-20(18-5-2-1-4-17(18)16-8-11-21-14-16)22-10-3-13-24-19(9-12-23-24)15-6-7-15;/h1-2,4-5,9,12,15-16,21H,3,6-8,10-11,13-14H2,(H,22,25);1H. The van der Waals surface area contributed by atoms with Gasteiger partial charge in [0.15, 0.2) is 0 Å². The highest BCUT2D eigenvalue weighted by Gasteiger charge is 2.26. The van der Waals surface area contributed by atoms with Gasteiger partial charge in [-0.15, -0.1) is 12.4 Å². The van der Waals surface area contributed by atoms with Crippen LogP contribution in [0.2, 0.25) is 0 Å². The van der Waals surface area contributed by atoms with Crippen LogP contribution >= 0.6 is 12.4 Å². The number of rotatable bonds is 7. The van der Waals surface area contributed by atoms with E-state index in [-0.39, 0.29) is 18.3 Å². The molecule has 1 saturated heterocycles. The quantitative estimate of drug-likeness (QED) is 0.732. The van der Waals surface area contributed by atoms with E-state index in [1.54, 1.807) is 0 Å². The predicted molar refractivity (Wildman–Crippen MR) is 105 cm³/mol. The summed E-state index contributed by atoms with van der Waals surface area (Å²) in [6.07, 6.45) is 6.47. The molecule has 1 aromatic carbocycles. The molecular weight excluding hydrogens is 348 g/mol. The second-order valence-corrected chi connectivity index (χ2v) is 7.14. The molecule has 1 aliphatic carbocycles. The van der Waals surface area contributed by atoms with Gasteiger partial charge >= 0.3 is 0 Å². The predicted octanol–water partition coefficient (Wildman–Crippen LogP) is 3.08. The lowest BCUT2D eigenvalue weighted by Gasteiger charge is -2.15. The molecule has 2 heterocycles. The summed E-state index contributed by atoms with van der Waals surface area (Å²) in [5.74, 6) is 1.21. The molecule has 1 aliphatic heterocycles. The lowest BCUT2D eigenvalue weighted by Crippen LogP contribution is -2.27. The summed E-state index contributed by atoms with van der Waals surface area (Å²) >= 11 is 0. The minimum Gasteiger partial charge on any atom is -0.352 e. The van der Waals surface area contributed by atoms with Crippen LogP contribution in [0.15, 0.2) is 36.5 Å². The minimum absolute atomic E-state index is 0.